The number of hydrogen-bond acceptors (Lipinski definition) is 3. The lowest BCUT2D eigenvalue weighted by atomic mass is 10.2. The minimum Gasteiger partial charge on any atom is -0.377 e. The van der Waals surface area contributed by atoms with Crippen molar-refractivity contribution in [2.24, 2.45) is 0 Å². The number of nitrogens with one attached hydrogen (secondary N) is 2. The summed E-state index contributed by atoms with van der Waals surface area (Å²) >= 11 is 0. The van der Waals surface area contributed by atoms with Crippen LogP contribution in [0.5, 0.6) is 0 Å². The van der Waals surface area contributed by atoms with Crippen molar-refractivity contribution in [1.29, 1.82) is 0 Å². The Morgan fingerprint density at radius 3 is 2.75 bits per heavy atom. The summed E-state index contributed by atoms with van der Waals surface area (Å²) in [4.78, 5) is 0. The molecular weight excluding hydrogens is 200 g/mol. The molecule has 94 valence electrons. The van der Waals surface area contributed by atoms with Gasteiger partial charge in [-0.3, -0.25) is 0 Å². The summed E-state index contributed by atoms with van der Waals surface area (Å²) in [5.41, 5.74) is 0. The Morgan fingerprint density at radius 1 is 1.25 bits per heavy atom. The van der Waals surface area contributed by atoms with E-state index in [2.05, 4.69) is 29.7 Å². The van der Waals surface area contributed by atoms with E-state index < -0.39 is 0 Å². The van der Waals surface area contributed by atoms with Gasteiger partial charge in [-0.25, -0.2) is 0 Å². The first-order valence-electron chi connectivity index (χ1n) is 6.61. The summed E-state index contributed by atoms with van der Waals surface area (Å²) in [6, 6.07) is 0. The monoisotopic (exact) mass is 226 g/mol. The van der Waals surface area contributed by atoms with E-state index in [1.807, 2.05) is 0 Å². The van der Waals surface area contributed by atoms with Gasteiger partial charge in [0.05, 0.1) is 6.10 Å². The van der Waals surface area contributed by atoms with Crippen LogP contribution in [0.1, 0.15) is 32.6 Å². The third kappa shape index (κ3) is 6.99. The molecule has 0 spiro atoms. The molecule has 0 aromatic carbocycles. The van der Waals surface area contributed by atoms with Crippen molar-refractivity contribution >= 4 is 0 Å². The van der Waals surface area contributed by atoms with Gasteiger partial charge in [0.25, 0.3) is 0 Å². The zero-order valence-corrected chi connectivity index (χ0v) is 10.5. The molecule has 2 N–H and O–H groups in total. The highest BCUT2D eigenvalue weighted by Gasteiger charge is 2.13. The first-order valence-corrected chi connectivity index (χ1v) is 6.61. The Labute approximate surface area is 99.6 Å². The predicted molar refractivity (Wildman–Crippen MR) is 68.8 cm³/mol. The molecule has 3 heteroatoms. The van der Waals surface area contributed by atoms with Gasteiger partial charge in [-0.1, -0.05) is 25.5 Å². The van der Waals surface area contributed by atoms with E-state index in [0.29, 0.717) is 6.10 Å². The van der Waals surface area contributed by atoms with Gasteiger partial charge in [-0.2, -0.15) is 0 Å². The highest BCUT2D eigenvalue weighted by molar-refractivity contribution is 4.86. The van der Waals surface area contributed by atoms with Crippen LogP contribution in [0.2, 0.25) is 0 Å². The minimum absolute atomic E-state index is 0.455. The van der Waals surface area contributed by atoms with Gasteiger partial charge in [0.15, 0.2) is 0 Å². The highest BCUT2D eigenvalue weighted by atomic mass is 16.5. The maximum absolute atomic E-state index is 5.53. The van der Waals surface area contributed by atoms with Gasteiger partial charge in [0, 0.05) is 26.2 Å². The zero-order valence-electron chi connectivity index (χ0n) is 10.5. The molecule has 0 bridgehead atoms. The van der Waals surface area contributed by atoms with Crippen LogP contribution < -0.4 is 10.6 Å². The minimum atomic E-state index is 0.455. The average Bonchev–Trinajstić information content (AvgIpc) is 2.80. The molecule has 0 aromatic rings. The van der Waals surface area contributed by atoms with E-state index >= 15 is 0 Å². The second-order valence-electron chi connectivity index (χ2n) is 4.32. The molecule has 1 fully saturated rings. The van der Waals surface area contributed by atoms with Crippen molar-refractivity contribution in [3.05, 3.63) is 12.2 Å². The molecule has 1 saturated heterocycles. The molecule has 1 unspecified atom stereocenters. The fourth-order valence-corrected chi connectivity index (χ4v) is 1.79. The molecule has 1 rings (SSSR count). The average molecular weight is 226 g/mol. The third-order valence-corrected chi connectivity index (χ3v) is 2.79. The van der Waals surface area contributed by atoms with Crippen molar-refractivity contribution in [3.8, 4) is 0 Å². The summed E-state index contributed by atoms with van der Waals surface area (Å²) in [5, 5.41) is 6.77. The molecule has 0 amide bonds. The summed E-state index contributed by atoms with van der Waals surface area (Å²) in [6.07, 6.45) is 9.81. The lowest BCUT2D eigenvalue weighted by Crippen LogP contribution is -2.26. The molecule has 0 saturated carbocycles. The van der Waals surface area contributed by atoms with E-state index in [1.54, 1.807) is 0 Å². The fourth-order valence-electron chi connectivity index (χ4n) is 1.79. The molecule has 0 aliphatic carbocycles. The van der Waals surface area contributed by atoms with Crippen molar-refractivity contribution < 1.29 is 4.74 Å². The van der Waals surface area contributed by atoms with Crippen LogP contribution in [-0.4, -0.2) is 38.9 Å². The van der Waals surface area contributed by atoms with E-state index in [4.69, 9.17) is 4.74 Å². The Bertz CT molecular complexity index is 177. The van der Waals surface area contributed by atoms with Crippen molar-refractivity contribution in [2.75, 3.05) is 32.8 Å². The van der Waals surface area contributed by atoms with Crippen LogP contribution >= 0.6 is 0 Å². The second kappa shape index (κ2) is 9.82. The molecule has 1 aliphatic heterocycles. The topological polar surface area (TPSA) is 33.3 Å². The van der Waals surface area contributed by atoms with Gasteiger partial charge >= 0.3 is 0 Å². The quantitative estimate of drug-likeness (QED) is 0.464. The largest absolute Gasteiger partial charge is 0.377 e. The summed E-state index contributed by atoms with van der Waals surface area (Å²) < 4.78 is 5.53. The number of ether oxygens (including phenoxy) is 1. The lowest BCUT2D eigenvalue weighted by Gasteiger charge is -2.08. The molecule has 16 heavy (non-hydrogen) atoms. The van der Waals surface area contributed by atoms with Crippen LogP contribution in [0, 0.1) is 0 Å². The lowest BCUT2D eigenvalue weighted by molar-refractivity contribution is 0.111. The van der Waals surface area contributed by atoms with E-state index in [-0.39, 0.29) is 0 Å². The van der Waals surface area contributed by atoms with Gasteiger partial charge in [-0.05, 0) is 25.8 Å². The van der Waals surface area contributed by atoms with Crippen molar-refractivity contribution in [1.82, 2.24) is 10.6 Å². The Morgan fingerprint density at radius 2 is 2.06 bits per heavy atom. The molecule has 1 atom stereocenters. The van der Waals surface area contributed by atoms with Gasteiger partial charge in [0.1, 0.15) is 0 Å². The van der Waals surface area contributed by atoms with Gasteiger partial charge in [0.2, 0.25) is 0 Å². The number of hydrogen-bond donors (Lipinski definition) is 2. The molecule has 3 nitrogen and oxygen atoms in total. The SMILES string of the molecule is CCCCNCC=CCNCC1CCCO1. The Kier molecular flexibility index (Phi) is 8.40. The molecule has 1 aliphatic rings. The van der Waals surface area contributed by atoms with E-state index in [9.17, 15) is 0 Å². The van der Waals surface area contributed by atoms with Crippen LogP contribution in [0.25, 0.3) is 0 Å². The second-order valence-corrected chi connectivity index (χ2v) is 4.32. The van der Waals surface area contributed by atoms with Crippen molar-refractivity contribution in [3.63, 3.8) is 0 Å². The Hall–Kier alpha value is -0.380. The van der Waals surface area contributed by atoms with Crippen molar-refractivity contribution in [2.45, 2.75) is 38.7 Å². The molecule has 1 heterocycles. The summed E-state index contributed by atoms with van der Waals surface area (Å²) in [6.45, 7) is 7.23. The first-order chi connectivity index (χ1) is 7.93. The third-order valence-electron chi connectivity index (χ3n) is 2.79. The van der Waals surface area contributed by atoms with Crippen LogP contribution in [0.15, 0.2) is 12.2 Å². The van der Waals surface area contributed by atoms with Gasteiger partial charge in [-0.15, -0.1) is 0 Å². The fraction of sp³-hybridized carbons (Fsp3) is 0.846. The summed E-state index contributed by atoms with van der Waals surface area (Å²) in [7, 11) is 0. The first kappa shape index (κ1) is 13.7. The standard InChI is InChI=1S/C13H26N2O/c1-2-3-8-14-9-4-5-10-15-12-13-7-6-11-16-13/h4-5,13-15H,2-3,6-12H2,1H3. The molecular formula is C13H26N2O. The van der Waals surface area contributed by atoms with Gasteiger partial charge < -0.3 is 15.4 Å². The molecule has 0 aromatic heterocycles. The number of unbranched alkanes of at least 4 members (excludes halogenated alkanes) is 1. The Balaban J connectivity index is 1.80. The molecule has 0 radical (unpaired) electrons. The zero-order chi connectivity index (χ0) is 11.5. The maximum Gasteiger partial charge on any atom is 0.0700 e. The number of rotatable bonds is 9. The summed E-state index contributed by atoms with van der Waals surface area (Å²) in [5.74, 6) is 0. The maximum atomic E-state index is 5.53. The normalized spacial score (nSPS) is 20.9. The van der Waals surface area contributed by atoms with E-state index in [0.717, 1.165) is 32.8 Å². The predicted octanol–water partition coefficient (Wildman–Crippen LogP) is 1.70. The highest BCUT2D eigenvalue weighted by Crippen LogP contribution is 2.10. The van der Waals surface area contributed by atoms with Crippen LogP contribution in [0.4, 0.5) is 0 Å². The van der Waals surface area contributed by atoms with Crippen LogP contribution in [0.3, 0.4) is 0 Å². The smallest absolute Gasteiger partial charge is 0.0700 e. The van der Waals surface area contributed by atoms with E-state index in [1.165, 1.54) is 25.7 Å². The van der Waals surface area contributed by atoms with Crippen LogP contribution in [-0.2, 0) is 4.74 Å².